The highest BCUT2D eigenvalue weighted by atomic mass is 15.0. The SMILES string of the molecule is CC1(C)c2cc(C#N)ccc2-c2ccc(-c3cc(-c4ccccn4)cc(-c4nc(-c5ccccc5)nc(-c5ccc(C#N)cc5)n4)c3)cc21. The maximum Gasteiger partial charge on any atom is 0.164 e. The van der Waals surface area contributed by atoms with Crippen LogP contribution in [0.25, 0.3) is 67.7 Å². The van der Waals surface area contributed by atoms with Crippen LogP contribution in [0.15, 0.2) is 134 Å². The third-order valence-corrected chi connectivity index (χ3v) is 9.23. The van der Waals surface area contributed by atoms with Crippen molar-refractivity contribution in [3.05, 3.63) is 156 Å². The Morgan fingerprint density at radius 2 is 1.02 bits per heavy atom. The maximum atomic E-state index is 9.59. The van der Waals surface area contributed by atoms with Gasteiger partial charge in [0.05, 0.1) is 29.0 Å². The van der Waals surface area contributed by atoms with Crippen molar-refractivity contribution in [1.29, 1.82) is 10.5 Å². The third kappa shape index (κ3) is 5.32. The second kappa shape index (κ2) is 11.8. The van der Waals surface area contributed by atoms with Crippen LogP contribution < -0.4 is 0 Å². The Balaban J connectivity index is 1.32. The van der Waals surface area contributed by atoms with Gasteiger partial charge >= 0.3 is 0 Å². The first kappa shape index (κ1) is 29.6. The van der Waals surface area contributed by atoms with Crippen LogP contribution in [0.3, 0.4) is 0 Å². The first-order valence-electron chi connectivity index (χ1n) is 16.0. The van der Waals surface area contributed by atoms with Crippen molar-refractivity contribution < 1.29 is 0 Å². The fourth-order valence-electron chi connectivity index (χ4n) is 6.64. The van der Waals surface area contributed by atoms with E-state index in [0.29, 0.717) is 28.6 Å². The topological polar surface area (TPSA) is 99.1 Å². The van der Waals surface area contributed by atoms with Gasteiger partial charge in [-0.25, -0.2) is 15.0 Å². The highest BCUT2D eigenvalue weighted by molar-refractivity contribution is 5.86. The van der Waals surface area contributed by atoms with Gasteiger partial charge in [-0.1, -0.05) is 68.4 Å². The van der Waals surface area contributed by atoms with Crippen LogP contribution in [0, 0.1) is 22.7 Å². The number of nitriles is 2. The smallest absolute Gasteiger partial charge is 0.164 e. The Morgan fingerprint density at radius 1 is 0.469 bits per heavy atom. The Hall–Kier alpha value is -6.76. The van der Waals surface area contributed by atoms with Gasteiger partial charge in [0.25, 0.3) is 0 Å². The lowest BCUT2D eigenvalue weighted by Crippen LogP contribution is -2.15. The van der Waals surface area contributed by atoms with Crippen molar-refractivity contribution in [3.63, 3.8) is 0 Å². The molecule has 0 saturated carbocycles. The number of rotatable bonds is 5. The zero-order chi connectivity index (χ0) is 33.5. The summed E-state index contributed by atoms with van der Waals surface area (Å²) in [5, 5.41) is 19.0. The van der Waals surface area contributed by atoms with Crippen LogP contribution >= 0.6 is 0 Å². The predicted molar refractivity (Wildman–Crippen MR) is 192 cm³/mol. The summed E-state index contributed by atoms with van der Waals surface area (Å²) < 4.78 is 0. The van der Waals surface area contributed by atoms with E-state index in [-0.39, 0.29) is 5.41 Å². The number of hydrogen-bond donors (Lipinski definition) is 0. The molecule has 0 spiro atoms. The minimum Gasteiger partial charge on any atom is -0.256 e. The molecule has 0 N–H and O–H groups in total. The molecule has 49 heavy (non-hydrogen) atoms. The van der Waals surface area contributed by atoms with Gasteiger partial charge in [0, 0.05) is 33.9 Å². The van der Waals surface area contributed by atoms with E-state index in [2.05, 4.69) is 73.4 Å². The molecule has 8 rings (SSSR count). The minimum absolute atomic E-state index is 0.274. The molecule has 0 amide bonds. The quantitative estimate of drug-likeness (QED) is 0.188. The van der Waals surface area contributed by atoms with E-state index in [1.807, 2.05) is 72.8 Å². The van der Waals surface area contributed by atoms with Crippen LogP contribution in [0.5, 0.6) is 0 Å². The Bertz CT molecular complexity index is 2470. The maximum absolute atomic E-state index is 9.59. The first-order chi connectivity index (χ1) is 23.9. The van der Waals surface area contributed by atoms with Crippen LogP contribution in [-0.2, 0) is 5.41 Å². The van der Waals surface area contributed by atoms with E-state index in [0.717, 1.165) is 44.6 Å². The molecule has 2 heterocycles. The highest BCUT2D eigenvalue weighted by Gasteiger charge is 2.36. The van der Waals surface area contributed by atoms with Gasteiger partial charge in [0.2, 0.25) is 0 Å². The molecule has 0 saturated heterocycles. The van der Waals surface area contributed by atoms with Crippen LogP contribution in [-0.4, -0.2) is 19.9 Å². The van der Waals surface area contributed by atoms with Crippen molar-refractivity contribution in [2.75, 3.05) is 0 Å². The van der Waals surface area contributed by atoms with Crippen LogP contribution in [0.1, 0.15) is 36.1 Å². The molecule has 2 aromatic heterocycles. The molecule has 0 fully saturated rings. The van der Waals surface area contributed by atoms with Crippen molar-refractivity contribution in [2.45, 2.75) is 19.3 Å². The van der Waals surface area contributed by atoms with Crippen molar-refractivity contribution in [1.82, 2.24) is 19.9 Å². The largest absolute Gasteiger partial charge is 0.256 e. The van der Waals surface area contributed by atoms with Gasteiger partial charge in [-0.2, -0.15) is 10.5 Å². The molecular weight excluding hydrogens is 601 g/mol. The van der Waals surface area contributed by atoms with Gasteiger partial charge in [-0.3, -0.25) is 4.98 Å². The number of benzene rings is 5. The summed E-state index contributed by atoms with van der Waals surface area (Å²) >= 11 is 0. The fraction of sp³-hybridized carbons (Fsp3) is 0.0698. The molecule has 5 aromatic carbocycles. The molecule has 0 unspecified atom stereocenters. The summed E-state index contributed by atoms with van der Waals surface area (Å²) in [4.78, 5) is 19.6. The molecular formula is C43H28N6. The van der Waals surface area contributed by atoms with Crippen molar-refractivity contribution >= 4 is 0 Å². The third-order valence-electron chi connectivity index (χ3n) is 9.23. The molecule has 0 radical (unpaired) electrons. The summed E-state index contributed by atoms with van der Waals surface area (Å²) in [6.07, 6.45) is 1.80. The predicted octanol–water partition coefficient (Wildman–Crippen LogP) is 9.65. The molecule has 0 aliphatic heterocycles. The average molecular weight is 629 g/mol. The molecule has 0 bridgehead atoms. The standard InChI is InChI=1S/C43H28N6/c1-43(2)37-20-28(26-45)13-17-35(37)36-18-16-31(24-38(36)43)32-21-33(39-10-6-7-19-46-39)23-34(22-32)42-48-40(29-8-4-3-5-9-29)47-41(49-42)30-14-11-27(25-44)12-15-30/h3-24H,1-2H3. The lowest BCUT2D eigenvalue weighted by Gasteiger charge is -2.22. The number of nitrogens with zero attached hydrogens (tertiary/aromatic N) is 6. The van der Waals surface area contributed by atoms with E-state index in [9.17, 15) is 10.5 Å². The number of fused-ring (bicyclic) bond motifs is 3. The van der Waals surface area contributed by atoms with E-state index >= 15 is 0 Å². The lowest BCUT2D eigenvalue weighted by atomic mass is 9.81. The zero-order valence-electron chi connectivity index (χ0n) is 26.9. The van der Waals surface area contributed by atoms with Crippen LogP contribution in [0.4, 0.5) is 0 Å². The Labute approximate surface area is 284 Å². The Morgan fingerprint density at radius 3 is 1.69 bits per heavy atom. The molecule has 6 heteroatoms. The summed E-state index contributed by atoms with van der Waals surface area (Å²) in [5.74, 6) is 1.61. The normalized spacial score (nSPS) is 12.4. The molecule has 7 aromatic rings. The number of hydrogen-bond acceptors (Lipinski definition) is 6. The molecule has 0 atom stereocenters. The van der Waals surface area contributed by atoms with Gasteiger partial charge in [0.1, 0.15) is 0 Å². The summed E-state index contributed by atoms with van der Waals surface area (Å²) in [6, 6.07) is 46.5. The lowest BCUT2D eigenvalue weighted by molar-refractivity contribution is 0.660. The van der Waals surface area contributed by atoms with Gasteiger partial charge < -0.3 is 0 Å². The Kier molecular flexibility index (Phi) is 7.13. The summed E-state index contributed by atoms with van der Waals surface area (Å²) in [6.45, 7) is 4.44. The van der Waals surface area contributed by atoms with E-state index < -0.39 is 0 Å². The highest BCUT2D eigenvalue weighted by Crippen LogP contribution is 2.50. The molecule has 230 valence electrons. The monoisotopic (exact) mass is 628 g/mol. The first-order valence-corrected chi connectivity index (χ1v) is 16.0. The second-order valence-corrected chi connectivity index (χ2v) is 12.6. The van der Waals surface area contributed by atoms with Crippen molar-refractivity contribution in [2.24, 2.45) is 0 Å². The van der Waals surface area contributed by atoms with Gasteiger partial charge in [-0.15, -0.1) is 0 Å². The van der Waals surface area contributed by atoms with Gasteiger partial charge in [-0.05, 0) is 106 Å². The van der Waals surface area contributed by atoms with Crippen molar-refractivity contribution in [3.8, 4) is 79.8 Å². The molecule has 1 aliphatic carbocycles. The van der Waals surface area contributed by atoms with E-state index in [4.69, 9.17) is 15.0 Å². The fourth-order valence-corrected chi connectivity index (χ4v) is 6.64. The second-order valence-electron chi connectivity index (χ2n) is 12.6. The average Bonchev–Trinajstić information content (AvgIpc) is 3.39. The zero-order valence-corrected chi connectivity index (χ0v) is 26.9. The van der Waals surface area contributed by atoms with E-state index in [1.165, 1.54) is 16.7 Å². The number of pyridine rings is 1. The summed E-state index contributed by atoms with van der Waals surface area (Å²) in [5.41, 5.74) is 12.0. The van der Waals surface area contributed by atoms with E-state index in [1.54, 1.807) is 18.3 Å². The molecule has 1 aliphatic rings. The van der Waals surface area contributed by atoms with Gasteiger partial charge in [0.15, 0.2) is 17.5 Å². The number of aromatic nitrogens is 4. The summed E-state index contributed by atoms with van der Waals surface area (Å²) in [7, 11) is 0. The minimum atomic E-state index is -0.274. The molecule has 6 nitrogen and oxygen atoms in total. The van der Waals surface area contributed by atoms with Crippen LogP contribution in [0.2, 0.25) is 0 Å².